The third-order valence-corrected chi connectivity index (χ3v) is 5.61. The van der Waals surface area contributed by atoms with E-state index in [1.807, 2.05) is 30.3 Å². The van der Waals surface area contributed by atoms with Crippen LogP contribution in [0.25, 0.3) is 0 Å². The summed E-state index contributed by atoms with van der Waals surface area (Å²) in [6, 6.07) is 13.1. The maximum atomic E-state index is 13.2. The Morgan fingerprint density at radius 2 is 1.50 bits per heavy atom. The minimum absolute atomic E-state index is 0.143. The summed E-state index contributed by atoms with van der Waals surface area (Å²) < 4.78 is 0. The minimum Gasteiger partial charge on any atom is -0.381 e. The van der Waals surface area contributed by atoms with Crippen molar-refractivity contribution in [2.75, 3.05) is 0 Å². The highest BCUT2D eigenvalue weighted by molar-refractivity contribution is 6.23. The summed E-state index contributed by atoms with van der Waals surface area (Å²) >= 11 is 0. The Bertz CT molecular complexity index is 1060. The lowest BCUT2D eigenvalue weighted by Crippen LogP contribution is -2.76. The molecule has 8 nitrogen and oxygen atoms in total. The summed E-state index contributed by atoms with van der Waals surface area (Å²) in [6.07, 6.45) is -1.62. The highest BCUT2D eigenvalue weighted by Crippen LogP contribution is 2.35. The Kier molecular flexibility index (Phi) is 5.34. The fourth-order valence-corrected chi connectivity index (χ4v) is 4.18. The van der Waals surface area contributed by atoms with Gasteiger partial charge in [-0.2, -0.15) is 0 Å². The maximum absolute atomic E-state index is 13.2. The largest absolute Gasteiger partial charge is 0.381 e. The van der Waals surface area contributed by atoms with Crippen LogP contribution >= 0.6 is 0 Å². The average Bonchev–Trinajstić information content (AvgIpc) is 2.99. The van der Waals surface area contributed by atoms with Crippen molar-refractivity contribution in [2.45, 2.75) is 51.0 Å². The maximum Gasteiger partial charge on any atom is 0.262 e. The number of β-lactam (4-membered cyclic amide) rings is 1. The van der Waals surface area contributed by atoms with Gasteiger partial charge in [-0.1, -0.05) is 42.5 Å². The Morgan fingerprint density at radius 1 is 0.969 bits per heavy atom. The van der Waals surface area contributed by atoms with Gasteiger partial charge in [0.1, 0.15) is 6.04 Å². The van der Waals surface area contributed by atoms with Crippen LogP contribution in [0.2, 0.25) is 0 Å². The lowest BCUT2D eigenvalue weighted by atomic mass is 9.87. The topological polar surface area (TPSA) is 107 Å². The number of carbonyl (C=O) groups excluding carboxylic acids is 4. The second-order valence-corrected chi connectivity index (χ2v) is 9.10. The molecule has 2 aromatic rings. The second-order valence-electron chi connectivity index (χ2n) is 9.10. The predicted molar refractivity (Wildman–Crippen MR) is 115 cm³/mol. The number of imide groups is 1. The standard InChI is InChI=1S/C24H25N3O5/c1-24(2,3)25-20(29)19(28)17-18(23(32)26(17)13-14-9-5-4-6-10-14)27-21(30)15-11-7-8-12-16(15)22(27)31/h4-12,17-19,28H,13H2,1-3H3,(H,25,29)/t17-,18-,19-/m1/s1. The zero-order valence-electron chi connectivity index (χ0n) is 18.1. The molecular formula is C24H25N3O5. The number of carbonyl (C=O) groups is 4. The van der Waals surface area contributed by atoms with Gasteiger partial charge in [0, 0.05) is 12.1 Å². The van der Waals surface area contributed by atoms with Gasteiger partial charge in [-0.25, -0.2) is 0 Å². The fraction of sp³-hybridized carbons (Fsp3) is 0.333. The third-order valence-electron chi connectivity index (χ3n) is 5.61. The lowest BCUT2D eigenvalue weighted by Gasteiger charge is -2.51. The first-order chi connectivity index (χ1) is 15.1. The Balaban J connectivity index is 1.66. The van der Waals surface area contributed by atoms with E-state index in [1.165, 1.54) is 17.0 Å². The van der Waals surface area contributed by atoms with Crippen molar-refractivity contribution in [3.63, 3.8) is 0 Å². The Labute approximate surface area is 185 Å². The average molecular weight is 435 g/mol. The van der Waals surface area contributed by atoms with Crippen molar-refractivity contribution in [3.8, 4) is 0 Å². The first-order valence-electron chi connectivity index (χ1n) is 10.4. The molecule has 2 aliphatic heterocycles. The molecule has 2 N–H and O–H groups in total. The molecule has 0 saturated carbocycles. The van der Waals surface area contributed by atoms with Crippen molar-refractivity contribution < 1.29 is 24.3 Å². The van der Waals surface area contributed by atoms with Crippen LogP contribution < -0.4 is 5.32 Å². The molecule has 0 radical (unpaired) electrons. The van der Waals surface area contributed by atoms with Gasteiger partial charge in [0.15, 0.2) is 6.10 Å². The van der Waals surface area contributed by atoms with Crippen molar-refractivity contribution >= 4 is 23.6 Å². The molecule has 4 amide bonds. The first kappa shape index (κ1) is 21.7. The molecule has 8 heteroatoms. The van der Waals surface area contributed by atoms with E-state index in [9.17, 15) is 24.3 Å². The van der Waals surface area contributed by atoms with Crippen molar-refractivity contribution in [2.24, 2.45) is 0 Å². The number of likely N-dealkylation sites (tertiary alicyclic amines) is 1. The monoisotopic (exact) mass is 435 g/mol. The number of fused-ring (bicyclic) bond motifs is 1. The van der Waals surface area contributed by atoms with Gasteiger partial charge < -0.3 is 15.3 Å². The van der Waals surface area contributed by atoms with Crippen LogP contribution in [0.1, 0.15) is 47.1 Å². The number of aliphatic hydroxyl groups excluding tert-OH is 1. The number of hydrogen-bond acceptors (Lipinski definition) is 5. The van der Waals surface area contributed by atoms with Crippen LogP contribution in [-0.4, -0.2) is 62.3 Å². The quantitative estimate of drug-likeness (QED) is 0.545. The van der Waals surface area contributed by atoms with E-state index in [-0.39, 0.29) is 17.7 Å². The highest BCUT2D eigenvalue weighted by atomic mass is 16.3. The predicted octanol–water partition coefficient (Wildman–Crippen LogP) is 1.34. The molecule has 2 aromatic carbocycles. The molecule has 3 atom stereocenters. The van der Waals surface area contributed by atoms with E-state index in [1.54, 1.807) is 32.9 Å². The molecule has 4 rings (SSSR count). The van der Waals surface area contributed by atoms with Gasteiger partial charge >= 0.3 is 0 Å². The van der Waals surface area contributed by atoms with Gasteiger partial charge in [-0.15, -0.1) is 0 Å². The number of aliphatic hydroxyl groups is 1. The van der Waals surface area contributed by atoms with Crippen LogP contribution in [0.5, 0.6) is 0 Å². The molecule has 2 aliphatic rings. The molecule has 0 spiro atoms. The van der Waals surface area contributed by atoms with Crippen LogP contribution in [-0.2, 0) is 16.1 Å². The van der Waals surface area contributed by atoms with Gasteiger partial charge in [-0.3, -0.25) is 24.1 Å². The number of rotatable bonds is 5. The molecule has 0 aliphatic carbocycles. The second kappa shape index (κ2) is 7.87. The van der Waals surface area contributed by atoms with Crippen LogP contribution in [0.15, 0.2) is 54.6 Å². The first-order valence-corrected chi connectivity index (χ1v) is 10.4. The van der Waals surface area contributed by atoms with Crippen molar-refractivity contribution in [1.82, 2.24) is 15.1 Å². The van der Waals surface area contributed by atoms with E-state index >= 15 is 0 Å². The van der Waals surface area contributed by atoms with E-state index in [4.69, 9.17) is 0 Å². The molecule has 166 valence electrons. The number of nitrogens with one attached hydrogen (secondary N) is 1. The van der Waals surface area contributed by atoms with Crippen LogP contribution in [0.3, 0.4) is 0 Å². The summed E-state index contributed by atoms with van der Waals surface area (Å²) in [7, 11) is 0. The molecule has 2 heterocycles. The number of amides is 4. The SMILES string of the molecule is CC(C)(C)NC(=O)[C@H](O)[C@H]1[C@@H](N2C(=O)c3ccccc3C2=O)C(=O)N1Cc1ccccc1. The summed E-state index contributed by atoms with van der Waals surface area (Å²) in [6.45, 7) is 5.46. The van der Waals surface area contributed by atoms with Gasteiger partial charge in [-0.05, 0) is 38.5 Å². The van der Waals surface area contributed by atoms with E-state index in [0.29, 0.717) is 0 Å². The number of benzene rings is 2. The molecular weight excluding hydrogens is 410 g/mol. The normalized spacial score (nSPS) is 21.3. The Morgan fingerprint density at radius 3 is 2.03 bits per heavy atom. The Hall–Kier alpha value is -3.52. The van der Waals surface area contributed by atoms with Crippen LogP contribution in [0.4, 0.5) is 0 Å². The molecule has 1 fully saturated rings. The summed E-state index contributed by atoms with van der Waals surface area (Å²) in [5.74, 6) is -2.36. The summed E-state index contributed by atoms with van der Waals surface area (Å²) in [5.41, 5.74) is 0.606. The number of hydrogen-bond donors (Lipinski definition) is 2. The van der Waals surface area contributed by atoms with Crippen LogP contribution in [0, 0.1) is 0 Å². The molecule has 0 unspecified atom stereocenters. The van der Waals surface area contributed by atoms with E-state index in [0.717, 1.165) is 10.5 Å². The zero-order valence-corrected chi connectivity index (χ0v) is 18.1. The van der Waals surface area contributed by atoms with E-state index < -0.39 is 47.4 Å². The lowest BCUT2D eigenvalue weighted by molar-refractivity contribution is -0.168. The van der Waals surface area contributed by atoms with Gasteiger partial charge in [0.2, 0.25) is 5.91 Å². The fourth-order valence-electron chi connectivity index (χ4n) is 4.18. The molecule has 0 bridgehead atoms. The minimum atomic E-state index is -1.62. The molecule has 1 saturated heterocycles. The van der Waals surface area contributed by atoms with Crippen molar-refractivity contribution in [3.05, 3.63) is 71.3 Å². The zero-order chi connectivity index (χ0) is 23.2. The number of nitrogens with zero attached hydrogens (tertiary/aromatic N) is 2. The smallest absolute Gasteiger partial charge is 0.262 e. The summed E-state index contributed by atoms with van der Waals surface area (Å²) in [4.78, 5) is 54.1. The molecule has 32 heavy (non-hydrogen) atoms. The molecule has 0 aromatic heterocycles. The highest BCUT2D eigenvalue weighted by Gasteiger charge is 2.59. The van der Waals surface area contributed by atoms with Gasteiger partial charge in [0.25, 0.3) is 17.7 Å². The van der Waals surface area contributed by atoms with Gasteiger partial charge in [0.05, 0.1) is 17.2 Å². The summed E-state index contributed by atoms with van der Waals surface area (Å²) in [5, 5.41) is 13.6. The third kappa shape index (κ3) is 3.67. The van der Waals surface area contributed by atoms with E-state index in [2.05, 4.69) is 5.32 Å². The van der Waals surface area contributed by atoms with Crippen molar-refractivity contribution in [1.29, 1.82) is 0 Å².